The van der Waals surface area contributed by atoms with Crippen LogP contribution in [0.3, 0.4) is 0 Å². The van der Waals surface area contributed by atoms with Gasteiger partial charge in [0.15, 0.2) is 6.54 Å². The molecule has 0 atom stereocenters. The molecule has 0 saturated heterocycles. The van der Waals surface area contributed by atoms with Crippen LogP contribution >= 0.6 is 0 Å². The van der Waals surface area contributed by atoms with E-state index >= 15 is 0 Å². The van der Waals surface area contributed by atoms with Gasteiger partial charge >= 0.3 is 5.97 Å². The first-order chi connectivity index (χ1) is 8.22. The van der Waals surface area contributed by atoms with Crippen molar-refractivity contribution in [2.75, 3.05) is 26.7 Å². The first-order valence-corrected chi connectivity index (χ1v) is 7.28. The van der Waals surface area contributed by atoms with Crippen LogP contribution < -0.4 is 0 Å². The van der Waals surface area contributed by atoms with Gasteiger partial charge < -0.3 is 9.22 Å². The summed E-state index contributed by atoms with van der Waals surface area (Å²) in [6, 6.07) is 0. The lowest BCUT2D eigenvalue weighted by molar-refractivity contribution is -0.903. The number of nitrogens with zero attached hydrogens (tertiary/aromatic N) is 1. The Bertz CT molecular complexity index is 235. The molecule has 0 aliphatic carbocycles. The summed E-state index contributed by atoms with van der Waals surface area (Å²) in [7, 11) is 2.18. The number of quaternary nitrogens is 1. The van der Waals surface area contributed by atoms with Crippen LogP contribution in [0.25, 0.3) is 0 Å². The van der Waals surface area contributed by atoms with Gasteiger partial charge in [-0.15, -0.1) is 0 Å². The van der Waals surface area contributed by atoms with Crippen LogP contribution in [-0.2, 0) is 9.53 Å². The van der Waals surface area contributed by atoms with E-state index in [0.717, 1.165) is 17.6 Å². The number of ether oxygens (including phenoxy) is 1. The molecule has 0 aliphatic rings. The Labute approximate surface area is 113 Å². The molecule has 18 heavy (non-hydrogen) atoms. The van der Waals surface area contributed by atoms with Gasteiger partial charge in [0.05, 0.1) is 20.1 Å². The summed E-state index contributed by atoms with van der Waals surface area (Å²) in [6.45, 7) is 12.8. The predicted molar refractivity (Wildman–Crippen MR) is 76.4 cm³/mol. The predicted octanol–water partition coefficient (Wildman–Crippen LogP) is 3.37. The van der Waals surface area contributed by atoms with Crippen molar-refractivity contribution in [1.82, 2.24) is 0 Å². The van der Waals surface area contributed by atoms with Gasteiger partial charge in [0.2, 0.25) is 0 Å². The summed E-state index contributed by atoms with van der Waals surface area (Å²) in [6.07, 6.45) is 4.69. The molecule has 3 heteroatoms. The van der Waals surface area contributed by atoms with E-state index < -0.39 is 0 Å². The Kier molecular flexibility index (Phi) is 7.53. The summed E-state index contributed by atoms with van der Waals surface area (Å²) in [4.78, 5) is 12.0. The third kappa shape index (κ3) is 8.51. The monoisotopic (exact) mass is 258 g/mol. The molecule has 0 saturated carbocycles. The molecule has 0 aromatic carbocycles. The van der Waals surface area contributed by atoms with Crippen molar-refractivity contribution < 1.29 is 14.0 Å². The van der Waals surface area contributed by atoms with Gasteiger partial charge in [-0.05, 0) is 33.6 Å². The van der Waals surface area contributed by atoms with E-state index in [0.29, 0.717) is 6.54 Å². The Morgan fingerprint density at radius 2 is 1.50 bits per heavy atom. The van der Waals surface area contributed by atoms with E-state index in [-0.39, 0.29) is 11.6 Å². The zero-order valence-electron chi connectivity index (χ0n) is 13.2. The first-order valence-electron chi connectivity index (χ1n) is 7.28. The maximum atomic E-state index is 12.0. The van der Waals surface area contributed by atoms with Gasteiger partial charge in [0.1, 0.15) is 5.60 Å². The Balaban J connectivity index is 4.42. The fourth-order valence-electron chi connectivity index (χ4n) is 2.04. The van der Waals surface area contributed by atoms with Crippen LogP contribution in [0.2, 0.25) is 0 Å². The minimum absolute atomic E-state index is 0.0720. The number of hydrogen-bond acceptors (Lipinski definition) is 2. The van der Waals surface area contributed by atoms with Crippen LogP contribution in [0.4, 0.5) is 0 Å². The molecule has 0 bridgehead atoms. The van der Waals surface area contributed by atoms with Crippen LogP contribution in [-0.4, -0.2) is 42.7 Å². The third-order valence-corrected chi connectivity index (χ3v) is 3.03. The summed E-state index contributed by atoms with van der Waals surface area (Å²) in [5.41, 5.74) is -0.378. The highest BCUT2D eigenvalue weighted by Crippen LogP contribution is 2.12. The number of hydrogen-bond donors (Lipinski definition) is 0. The molecular formula is C15H32NO2+. The van der Waals surface area contributed by atoms with Crippen LogP contribution in [0.5, 0.6) is 0 Å². The van der Waals surface area contributed by atoms with E-state index in [2.05, 4.69) is 20.9 Å². The van der Waals surface area contributed by atoms with E-state index in [1.54, 1.807) is 0 Å². The zero-order valence-corrected chi connectivity index (χ0v) is 13.2. The minimum Gasteiger partial charge on any atom is -0.456 e. The number of unbranched alkanes of at least 4 members (excludes halogenated alkanes) is 2. The lowest BCUT2D eigenvalue weighted by Gasteiger charge is -2.34. The second kappa shape index (κ2) is 7.78. The Morgan fingerprint density at radius 3 is 1.83 bits per heavy atom. The molecule has 0 heterocycles. The number of rotatable bonds is 8. The van der Waals surface area contributed by atoms with Crippen molar-refractivity contribution in [3.8, 4) is 0 Å². The third-order valence-electron chi connectivity index (χ3n) is 3.03. The molecular weight excluding hydrogens is 226 g/mol. The van der Waals surface area contributed by atoms with E-state index in [9.17, 15) is 4.79 Å². The van der Waals surface area contributed by atoms with Crippen molar-refractivity contribution in [3.05, 3.63) is 0 Å². The van der Waals surface area contributed by atoms with E-state index in [1.807, 2.05) is 20.8 Å². The smallest absolute Gasteiger partial charge is 0.362 e. The highest BCUT2D eigenvalue weighted by atomic mass is 16.6. The van der Waals surface area contributed by atoms with Gasteiger partial charge in [-0.1, -0.05) is 26.7 Å². The summed E-state index contributed by atoms with van der Waals surface area (Å²) in [5, 5.41) is 0. The molecule has 0 aromatic rings. The van der Waals surface area contributed by atoms with Crippen molar-refractivity contribution in [3.63, 3.8) is 0 Å². The summed E-state index contributed by atoms with van der Waals surface area (Å²) in [5.74, 6) is -0.0720. The van der Waals surface area contributed by atoms with E-state index in [1.165, 1.54) is 25.7 Å². The fourth-order valence-corrected chi connectivity index (χ4v) is 2.04. The highest BCUT2D eigenvalue weighted by molar-refractivity contribution is 5.71. The van der Waals surface area contributed by atoms with Crippen molar-refractivity contribution >= 4 is 5.97 Å². The van der Waals surface area contributed by atoms with Gasteiger partial charge in [0, 0.05) is 0 Å². The topological polar surface area (TPSA) is 26.3 Å². The Hall–Kier alpha value is -0.570. The number of carbonyl (C=O) groups is 1. The van der Waals surface area contributed by atoms with Crippen LogP contribution in [0.1, 0.15) is 60.3 Å². The Morgan fingerprint density at radius 1 is 1.06 bits per heavy atom. The highest BCUT2D eigenvalue weighted by Gasteiger charge is 2.27. The summed E-state index contributed by atoms with van der Waals surface area (Å²) >= 11 is 0. The standard InChI is InChI=1S/C15H32NO2/c1-7-9-11-16(6,12-10-8-2)13-14(17)18-15(3,4)5/h7-13H2,1-6H3/q+1. The molecule has 0 spiro atoms. The minimum atomic E-state index is -0.378. The molecule has 108 valence electrons. The van der Waals surface area contributed by atoms with Crippen molar-refractivity contribution in [2.45, 2.75) is 65.9 Å². The second-order valence-corrected chi connectivity index (χ2v) is 6.52. The van der Waals surface area contributed by atoms with Gasteiger partial charge in [0.25, 0.3) is 0 Å². The molecule has 0 rings (SSSR count). The SMILES string of the molecule is CCCC[N+](C)(CCCC)CC(=O)OC(C)(C)C. The quantitative estimate of drug-likeness (QED) is 0.493. The zero-order chi connectivity index (χ0) is 14.2. The number of likely N-dealkylation sites (N-methyl/N-ethyl adjacent to an activating group) is 1. The number of carbonyl (C=O) groups excluding carboxylic acids is 1. The normalized spacial score (nSPS) is 12.6. The molecule has 0 amide bonds. The fraction of sp³-hybridized carbons (Fsp3) is 0.933. The average Bonchev–Trinajstić information content (AvgIpc) is 2.21. The van der Waals surface area contributed by atoms with Gasteiger partial charge in [-0.25, -0.2) is 4.79 Å². The van der Waals surface area contributed by atoms with Crippen molar-refractivity contribution in [2.24, 2.45) is 0 Å². The lowest BCUT2D eigenvalue weighted by Crippen LogP contribution is -2.50. The molecule has 0 aromatic heterocycles. The average molecular weight is 258 g/mol. The van der Waals surface area contributed by atoms with Gasteiger partial charge in [-0.2, -0.15) is 0 Å². The first kappa shape index (κ1) is 17.4. The molecule has 0 fully saturated rings. The molecule has 0 aliphatic heterocycles. The largest absolute Gasteiger partial charge is 0.456 e. The lowest BCUT2D eigenvalue weighted by atomic mass is 10.2. The second-order valence-electron chi connectivity index (χ2n) is 6.52. The summed E-state index contributed by atoms with van der Waals surface area (Å²) < 4.78 is 6.25. The molecule has 3 nitrogen and oxygen atoms in total. The molecule has 0 N–H and O–H groups in total. The maximum absolute atomic E-state index is 12.0. The van der Waals surface area contributed by atoms with Crippen LogP contribution in [0.15, 0.2) is 0 Å². The van der Waals surface area contributed by atoms with Crippen LogP contribution in [0, 0.1) is 0 Å². The van der Waals surface area contributed by atoms with Crippen molar-refractivity contribution in [1.29, 1.82) is 0 Å². The van der Waals surface area contributed by atoms with Gasteiger partial charge in [-0.3, -0.25) is 0 Å². The van der Waals surface area contributed by atoms with E-state index in [4.69, 9.17) is 4.74 Å². The molecule has 0 radical (unpaired) electrons. The number of esters is 1. The maximum Gasteiger partial charge on any atom is 0.362 e. The molecule has 0 unspecified atom stereocenters.